The second kappa shape index (κ2) is 7.71. The number of hydrogen-bond acceptors (Lipinski definition) is 2. The van der Waals surface area contributed by atoms with Crippen LogP contribution in [0.15, 0.2) is 12.2 Å². The minimum Gasteiger partial charge on any atom is -0.299 e. The van der Waals surface area contributed by atoms with Crippen molar-refractivity contribution < 1.29 is 9.59 Å². The quantitative estimate of drug-likeness (QED) is 0.448. The van der Waals surface area contributed by atoms with Crippen LogP contribution in [0.1, 0.15) is 46.0 Å². The summed E-state index contributed by atoms with van der Waals surface area (Å²) in [5.74, 6) is 0.108. The Balaban J connectivity index is 3.52. The second-order valence-corrected chi connectivity index (χ2v) is 3.03. The van der Waals surface area contributed by atoms with E-state index in [4.69, 9.17) is 0 Å². The molecule has 0 aliphatic rings. The second-order valence-electron chi connectivity index (χ2n) is 3.03. The summed E-state index contributed by atoms with van der Waals surface area (Å²) in [4.78, 5) is 22.0. The predicted octanol–water partition coefficient (Wildman–Crippen LogP) is 2.67. The number of allylic oxidation sites excluding steroid dienone is 2. The molecular formula is C11H18O2. The zero-order valence-corrected chi connectivity index (χ0v) is 8.51. The number of carbonyl (C=O) groups excluding carboxylic acids is 2. The van der Waals surface area contributed by atoms with Crippen molar-refractivity contribution in [2.75, 3.05) is 0 Å². The predicted molar refractivity (Wildman–Crippen MR) is 53.6 cm³/mol. The van der Waals surface area contributed by atoms with Gasteiger partial charge in [0.15, 0.2) is 0 Å². The smallest absolute Gasteiger partial charge is 0.140 e. The average molecular weight is 182 g/mol. The molecule has 0 aliphatic carbocycles. The molecule has 0 radical (unpaired) electrons. The Morgan fingerprint density at radius 3 is 2.31 bits per heavy atom. The first-order valence-electron chi connectivity index (χ1n) is 4.89. The monoisotopic (exact) mass is 182 g/mol. The molecule has 0 amide bonds. The lowest BCUT2D eigenvalue weighted by Crippen LogP contribution is -2.05. The highest BCUT2D eigenvalue weighted by Gasteiger charge is 2.05. The van der Waals surface area contributed by atoms with E-state index < -0.39 is 0 Å². The zero-order chi connectivity index (χ0) is 10.1. The van der Waals surface area contributed by atoms with Gasteiger partial charge >= 0.3 is 0 Å². The van der Waals surface area contributed by atoms with Crippen LogP contribution < -0.4 is 0 Å². The van der Waals surface area contributed by atoms with Crippen molar-refractivity contribution >= 4 is 11.6 Å². The molecule has 0 N–H and O–H groups in total. The van der Waals surface area contributed by atoms with Gasteiger partial charge in [-0.3, -0.25) is 9.59 Å². The zero-order valence-electron chi connectivity index (χ0n) is 8.51. The molecule has 0 atom stereocenters. The summed E-state index contributed by atoms with van der Waals surface area (Å²) < 4.78 is 0. The highest BCUT2D eigenvalue weighted by atomic mass is 16.1. The van der Waals surface area contributed by atoms with Gasteiger partial charge in [-0.15, -0.1) is 0 Å². The van der Waals surface area contributed by atoms with Gasteiger partial charge in [0.2, 0.25) is 0 Å². The number of ketones is 2. The third-order valence-electron chi connectivity index (χ3n) is 1.78. The first-order chi connectivity index (χ1) is 6.20. The van der Waals surface area contributed by atoms with Crippen molar-refractivity contribution in [3.05, 3.63) is 12.2 Å². The van der Waals surface area contributed by atoms with Gasteiger partial charge in [-0.05, 0) is 12.8 Å². The van der Waals surface area contributed by atoms with Gasteiger partial charge in [0.1, 0.15) is 11.6 Å². The maximum absolute atomic E-state index is 11.1. The Bertz CT molecular complexity index is 192. The highest BCUT2D eigenvalue weighted by molar-refractivity contribution is 5.98. The molecule has 0 aromatic rings. The van der Waals surface area contributed by atoms with Gasteiger partial charge in [-0.25, -0.2) is 0 Å². The first kappa shape index (κ1) is 12.1. The first-order valence-corrected chi connectivity index (χ1v) is 4.89. The van der Waals surface area contributed by atoms with Crippen molar-refractivity contribution in [3.63, 3.8) is 0 Å². The Morgan fingerprint density at radius 2 is 1.77 bits per heavy atom. The molecule has 0 aromatic carbocycles. The van der Waals surface area contributed by atoms with Crippen molar-refractivity contribution in [2.24, 2.45) is 0 Å². The van der Waals surface area contributed by atoms with Crippen LogP contribution in [0.2, 0.25) is 0 Å². The number of hydrogen-bond donors (Lipinski definition) is 0. The maximum atomic E-state index is 11.1. The molecule has 2 heteroatoms. The largest absolute Gasteiger partial charge is 0.299 e. The Hall–Kier alpha value is -0.920. The van der Waals surface area contributed by atoms with Crippen molar-refractivity contribution in [1.82, 2.24) is 0 Å². The standard InChI is InChI=1S/C11H18O2/c1-3-5-6-7-8-11(13)9-10(12)4-2/h5-6H,3-4,7-9H2,1-2H3/b6-5+. The third kappa shape index (κ3) is 7.44. The summed E-state index contributed by atoms with van der Waals surface area (Å²) >= 11 is 0. The van der Waals surface area contributed by atoms with Crippen molar-refractivity contribution in [3.8, 4) is 0 Å². The van der Waals surface area contributed by atoms with E-state index in [0.29, 0.717) is 12.8 Å². The lowest BCUT2D eigenvalue weighted by atomic mass is 10.1. The van der Waals surface area contributed by atoms with Crippen molar-refractivity contribution in [1.29, 1.82) is 0 Å². The van der Waals surface area contributed by atoms with Crippen LogP contribution in [0.4, 0.5) is 0 Å². The fourth-order valence-electron chi connectivity index (χ4n) is 0.962. The van der Waals surface area contributed by atoms with E-state index >= 15 is 0 Å². The molecule has 2 nitrogen and oxygen atoms in total. The molecular weight excluding hydrogens is 164 g/mol. The lowest BCUT2D eigenvalue weighted by Gasteiger charge is -1.95. The topological polar surface area (TPSA) is 34.1 Å². The number of Topliss-reactive ketones (excluding diaryl/α,β-unsaturated/α-hetero) is 2. The fourth-order valence-corrected chi connectivity index (χ4v) is 0.962. The van der Waals surface area contributed by atoms with Gasteiger partial charge in [-0.2, -0.15) is 0 Å². The molecule has 0 unspecified atom stereocenters. The SMILES string of the molecule is CC/C=C/CCC(=O)CC(=O)CC. The number of carbonyl (C=O) groups is 2. The minimum atomic E-state index is 0.0458. The van der Waals surface area contributed by atoms with Gasteiger partial charge in [0.05, 0.1) is 6.42 Å². The molecule has 74 valence electrons. The molecule has 0 saturated carbocycles. The Labute approximate surface area is 80.0 Å². The van der Waals surface area contributed by atoms with Crippen LogP contribution in [0.5, 0.6) is 0 Å². The van der Waals surface area contributed by atoms with Gasteiger partial charge in [-0.1, -0.05) is 26.0 Å². The molecule has 0 spiro atoms. The van der Waals surface area contributed by atoms with E-state index in [9.17, 15) is 9.59 Å². The molecule has 0 aromatic heterocycles. The van der Waals surface area contributed by atoms with Crippen LogP contribution in [0, 0.1) is 0 Å². The minimum absolute atomic E-state index is 0.0458. The lowest BCUT2D eigenvalue weighted by molar-refractivity contribution is -0.126. The summed E-state index contributed by atoms with van der Waals surface area (Å²) in [6.45, 7) is 3.84. The van der Waals surface area contributed by atoms with E-state index in [-0.39, 0.29) is 18.0 Å². The van der Waals surface area contributed by atoms with Crippen molar-refractivity contribution in [2.45, 2.75) is 46.0 Å². The highest BCUT2D eigenvalue weighted by Crippen LogP contribution is 1.99. The molecule has 0 heterocycles. The van der Waals surface area contributed by atoms with Gasteiger partial charge in [0, 0.05) is 12.8 Å². The molecule has 0 saturated heterocycles. The summed E-state index contributed by atoms with van der Waals surface area (Å²) in [6.07, 6.45) is 6.89. The molecule has 0 bridgehead atoms. The normalized spacial score (nSPS) is 10.6. The Morgan fingerprint density at radius 1 is 1.08 bits per heavy atom. The summed E-state index contributed by atoms with van der Waals surface area (Å²) in [5.41, 5.74) is 0. The van der Waals surface area contributed by atoms with Gasteiger partial charge < -0.3 is 0 Å². The van der Waals surface area contributed by atoms with E-state index in [2.05, 4.69) is 6.92 Å². The summed E-state index contributed by atoms with van der Waals surface area (Å²) in [5, 5.41) is 0. The van der Waals surface area contributed by atoms with E-state index in [0.717, 1.165) is 12.8 Å². The van der Waals surface area contributed by atoms with Crippen LogP contribution >= 0.6 is 0 Å². The van der Waals surface area contributed by atoms with Gasteiger partial charge in [0.25, 0.3) is 0 Å². The van der Waals surface area contributed by atoms with Crippen LogP contribution in [-0.4, -0.2) is 11.6 Å². The molecule has 0 aliphatic heterocycles. The van der Waals surface area contributed by atoms with E-state index in [1.807, 2.05) is 12.2 Å². The number of rotatable bonds is 7. The van der Waals surface area contributed by atoms with E-state index in [1.165, 1.54) is 0 Å². The average Bonchev–Trinajstić information content (AvgIpc) is 2.12. The van der Waals surface area contributed by atoms with Crippen LogP contribution in [0.3, 0.4) is 0 Å². The maximum Gasteiger partial charge on any atom is 0.140 e. The summed E-state index contributed by atoms with van der Waals surface area (Å²) in [7, 11) is 0. The Kier molecular flexibility index (Phi) is 7.17. The third-order valence-corrected chi connectivity index (χ3v) is 1.78. The van der Waals surface area contributed by atoms with Crippen LogP contribution in [0.25, 0.3) is 0 Å². The van der Waals surface area contributed by atoms with Crippen LogP contribution in [-0.2, 0) is 9.59 Å². The summed E-state index contributed by atoms with van der Waals surface area (Å²) in [6, 6.07) is 0. The molecule has 13 heavy (non-hydrogen) atoms. The molecule has 0 fully saturated rings. The fraction of sp³-hybridized carbons (Fsp3) is 0.636. The van der Waals surface area contributed by atoms with E-state index in [1.54, 1.807) is 6.92 Å². The molecule has 0 rings (SSSR count).